The molecule has 0 aliphatic carbocycles. The van der Waals surface area contributed by atoms with Crippen molar-refractivity contribution < 1.29 is 0 Å². The van der Waals surface area contributed by atoms with Gasteiger partial charge in [0.25, 0.3) is 0 Å². The average molecular weight is 257 g/mol. The third-order valence-electron chi connectivity index (χ3n) is 3.09. The molecule has 1 heterocycles. The zero-order chi connectivity index (χ0) is 11.6. The third-order valence-corrected chi connectivity index (χ3v) is 5.76. The van der Waals surface area contributed by atoms with Gasteiger partial charge in [-0.1, -0.05) is 51.9 Å². The molecule has 0 bridgehead atoms. The Labute approximate surface area is 104 Å². The lowest BCUT2D eigenvalue weighted by Crippen LogP contribution is -1.88. The maximum atomic E-state index is 4.57. The van der Waals surface area contributed by atoms with E-state index in [0.29, 0.717) is 0 Å². The van der Waals surface area contributed by atoms with E-state index in [1.807, 2.05) is 0 Å². The number of rotatable bonds is 9. The first-order chi connectivity index (χ1) is 7.84. The van der Waals surface area contributed by atoms with E-state index < -0.39 is 0 Å². The maximum Gasteiger partial charge on any atom is 0.0523 e. The zero-order valence-electron chi connectivity index (χ0n) is 10.8. The second-order valence-electron chi connectivity index (χ2n) is 4.58. The van der Waals surface area contributed by atoms with E-state index in [0.717, 1.165) is 8.03 Å². The van der Waals surface area contributed by atoms with Crippen molar-refractivity contribution >= 4 is 15.9 Å². The summed E-state index contributed by atoms with van der Waals surface area (Å²) in [4.78, 5) is 0. The molecule has 1 aromatic rings. The molecule has 1 atom stereocenters. The van der Waals surface area contributed by atoms with Crippen LogP contribution in [-0.4, -0.2) is 4.75 Å². The summed E-state index contributed by atoms with van der Waals surface area (Å²) < 4.78 is 4.57. The smallest absolute Gasteiger partial charge is 0.0523 e. The molecule has 3 heteroatoms. The average Bonchev–Trinajstić information content (AvgIpc) is 2.68. The largest absolute Gasteiger partial charge is 0.240 e. The fourth-order valence-electron chi connectivity index (χ4n) is 1.97. The first-order valence-electron chi connectivity index (χ1n) is 6.71. The molecule has 0 fully saturated rings. The highest BCUT2D eigenvalue weighted by molar-refractivity contribution is 7.89. The maximum absolute atomic E-state index is 4.57. The van der Waals surface area contributed by atoms with Gasteiger partial charge in [-0.15, -0.1) is 0 Å². The molecule has 0 aliphatic rings. The van der Waals surface area contributed by atoms with E-state index in [1.165, 1.54) is 76.6 Å². The Morgan fingerprint density at radius 3 is 2.19 bits per heavy atom. The lowest BCUT2D eigenvalue weighted by atomic mass is 10.1. The monoisotopic (exact) mass is 257 g/mol. The second kappa shape index (κ2) is 9.20. The van der Waals surface area contributed by atoms with Crippen LogP contribution in [0.3, 0.4) is 0 Å². The lowest BCUT2D eigenvalue weighted by Gasteiger charge is -2.01. The molecule has 1 rings (SSSR count). The van der Waals surface area contributed by atoms with Gasteiger partial charge < -0.3 is 0 Å². The van der Waals surface area contributed by atoms with E-state index >= 15 is 0 Å². The summed E-state index contributed by atoms with van der Waals surface area (Å²) in [6.45, 7) is 4.52. The summed E-state index contributed by atoms with van der Waals surface area (Å²) in [5.41, 5.74) is 1.42. The summed E-state index contributed by atoms with van der Waals surface area (Å²) in [6, 6.07) is 0. The minimum absolute atomic E-state index is 0.804. The Morgan fingerprint density at radius 1 is 1.00 bits per heavy atom. The third kappa shape index (κ3) is 6.02. The SMILES string of the molecule is CCCCCCCCCCc1n[pH]pc1C. The van der Waals surface area contributed by atoms with E-state index in [9.17, 15) is 0 Å². The van der Waals surface area contributed by atoms with Gasteiger partial charge in [0.1, 0.15) is 0 Å². The number of nitrogens with zero attached hydrogens (tertiary/aromatic N) is 1. The molecular formula is C13H25NP2. The minimum Gasteiger partial charge on any atom is -0.240 e. The highest BCUT2D eigenvalue weighted by atomic mass is 31.8. The Hall–Kier alpha value is 0.140. The van der Waals surface area contributed by atoms with Gasteiger partial charge in [-0.2, -0.15) is 0 Å². The van der Waals surface area contributed by atoms with Crippen LogP contribution >= 0.6 is 15.9 Å². The molecule has 92 valence electrons. The van der Waals surface area contributed by atoms with Crippen molar-refractivity contribution in [2.45, 2.75) is 71.6 Å². The molecular weight excluding hydrogens is 232 g/mol. The zero-order valence-corrected chi connectivity index (χ0v) is 12.7. The number of hydrogen-bond acceptors (Lipinski definition) is 1. The fourth-order valence-corrected chi connectivity index (χ4v) is 4.30. The van der Waals surface area contributed by atoms with Crippen molar-refractivity contribution in [1.29, 1.82) is 0 Å². The van der Waals surface area contributed by atoms with Crippen LogP contribution in [0.15, 0.2) is 0 Å². The fraction of sp³-hybridized carbons (Fsp3) is 0.846. The van der Waals surface area contributed by atoms with Crippen LogP contribution in [0.25, 0.3) is 0 Å². The molecule has 1 nitrogen and oxygen atoms in total. The molecule has 16 heavy (non-hydrogen) atoms. The van der Waals surface area contributed by atoms with Gasteiger partial charge in [0, 0.05) is 5.30 Å². The highest BCUT2D eigenvalue weighted by Gasteiger charge is 2.00. The molecule has 0 saturated carbocycles. The van der Waals surface area contributed by atoms with Crippen LogP contribution in [0.4, 0.5) is 0 Å². The molecule has 0 N–H and O–H groups in total. The van der Waals surface area contributed by atoms with Gasteiger partial charge in [-0.3, -0.25) is 0 Å². The van der Waals surface area contributed by atoms with Gasteiger partial charge in [0.15, 0.2) is 0 Å². The Bertz CT molecular complexity index is 271. The molecule has 0 amide bonds. The van der Waals surface area contributed by atoms with Crippen LogP contribution in [0.1, 0.15) is 69.3 Å². The Balaban J connectivity index is 1.91. The van der Waals surface area contributed by atoms with Crippen molar-refractivity contribution in [2.75, 3.05) is 0 Å². The molecule has 1 aromatic heterocycles. The number of unbranched alkanes of at least 4 members (excludes halogenated alkanes) is 7. The predicted octanol–water partition coefficient (Wildman–Crippen LogP) is 5.68. The van der Waals surface area contributed by atoms with Crippen molar-refractivity contribution in [3.8, 4) is 0 Å². The van der Waals surface area contributed by atoms with Gasteiger partial charge in [0.2, 0.25) is 0 Å². The quantitative estimate of drug-likeness (QED) is 0.518. The van der Waals surface area contributed by atoms with E-state index in [4.69, 9.17) is 0 Å². The standard InChI is InChI=1S/C13H25NP2/c1-3-4-5-6-7-8-9-10-11-13-12(2)15-16-14-13/h16H,3-11H2,1-2H3. The van der Waals surface area contributed by atoms with Crippen molar-refractivity contribution in [2.24, 2.45) is 0 Å². The second-order valence-corrected chi connectivity index (χ2v) is 7.17. The topological polar surface area (TPSA) is 12.9 Å². The van der Waals surface area contributed by atoms with E-state index in [1.54, 1.807) is 0 Å². The molecule has 0 aromatic carbocycles. The Morgan fingerprint density at radius 2 is 1.62 bits per heavy atom. The van der Waals surface area contributed by atoms with Crippen molar-refractivity contribution in [1.82, 2.24) is 4.75 Å². The van der Waals surface area contributed by atoms with Crippen LogP contribution in [-0.2, 0) is 6.42 Å². The number of aryl methyl sites for hydroxylation is 2. The summed E-state index contributed by atoms with van der Waals surface area (Å²) >= 11 is 0. The van der Waals surface area contributed by atoms with Crippen LogP contribution < -0.4 is 0 Å². The van der Waals surface area contributed by atoms with Crippen LogP contribution in [0.2, 0.25) is 0 Å². The van der Waals surface area contributed by atoms with Gasteiger partial charge in [-0.25, -0.2) is 4.75 Å². The number of aromatic nitrogens is 1. The first kappa shape index (κ1) is 14.2. The summed E-state index contributed by atoms with van der Waals surface area (Å²) in [7, 11) is 2.27. The summed E-state index contributed by atoms with van der Waals surface area (Å²) in [6.07, 6.45) is 12.5. The van der Waals surface area contributed by atoms with Crippen molar-refractivity contribution in [3.63, 3.8) is 0 Å². The first-order valence-corrected chi connectivity index (χ1v) is 9.39. The highest BCUT2D eigenvalue weighted by Crippen LogP contribution is 2.27. The molecule has 0 aliphatic heterocycles. The summed E-state index contributed by atoms with van der Waals surface area (Å²) in [5, 5.41) is 1.53. The Kier molecular flexibility index (Phi) is 8.17. The minimum atomic E-state index is 0.804. The number of hydrogen-bond donors (Lipinski definition) is 0. The van der Waals surface area contributed by atoms with Crippen LogP contribution in [0.5, 0.6) is 0 Å². The molecule has 0 radical (unpaired) electrons. The lowest BCUT2D eigenvalue weighted by molar-refractivity contribution is 0.574. The molecule has 1 unspecified atom stereocenters. The van der Waals surface area contributed by atoms with E-state index in [-0.39, 0.29) is 0 Å². The van der Waals surface area contributed by atoms with E-state index in [2.05, 4.69) is 18.6 Å². The van der Waals surface area contributed by atoms with Crippen molar-refractivity contribution in [3.05, 3.63) is 11.0 Å². The molecule has 0 saturated heterocycles. The van der Waals surface area contributed by atoms with Gasteiger partial charge in [-0.05, 0) is 35.7 Å². The van der Waals surface area contributed by atoms with Crippen LogP contribution in [0, 0.1) is 6.92 Å². The van der Waals surface area contributed by atoms with Gasteiger partial charge >= 0.3 is 0 Å². The summed E-state index contributed by atoms with van der Waals surface area (Å²) in [5.74, 6) is 0. The molecule has 0 spiro atoms. The normalized spacial score (nSPS) is 11.9. The predicted molar refractivity (Wildman–Crippen MR) is 77.3 cm³/mol. The van der Waals surface area contributed by atoms with Gasteiger partial charge in [0.05, 0.1) is 5.69 Å².